The van der Waals surface area contributed by atoms with Crippen LogP contribution < -0.4 is 10.6 Å². The summed E-state index contributed by atoms with van der Waals surface area (Å²) in [7, 11) is 0. The average Bonchev–Trinajstić information content (AvgIpc) is 2.94. The molecule has 0 bridgehead atoms. The second kappa shape index (κ2) is 7.26. The zero-order chi connectivity index (χ0) is 16.0. The first-order valence-electron chi connectivity index (χ1n) is 6.52. The highest BCUT2D eigenvalue weighted by Crippen LogP contribution is 2.23. The van der Waals surface area contributed by atoms with E-state index in [1.807, 2.05) is 30.3 Å². The predicted molar refractivity (Wildman–Crippen MR) is 78.5 cm³/mol. The number of alkyl halides is 3. The molecule has 0 aliphatic heterocycles. The lowest BCUT2D eigenvalue weighted by atomic mass is 10.2. The normalized spacial score (nSPS) is 11.2. The number of hydrogen-bond acceptors (Lipinski definition) is 3. The lowest BCUT2D eigenvalue weighted by Crippen LogP contribution is -2.36. The number of halogens is 3. The van der Waals surface area contributed by atoms with E-state index in [0.29, 0.717) is 5.69 Å². The fraction of sp³-hybridized carbons (Fsp3) is 0.286. The summed E-state index contributed by atoms with van der Waals surface area (Å²) in [6.45, 7) is -0.275. The average molecular weight is 329 g/mol. The predicted octanol–water partition coefficient (Wildman–Crippen LogP) is 3.56. The topological polar surface area (TPSA) is 54.0 Å². The van der Waals surface area contributed by atoms with Crippen LogP contribution in [0.3, 0.4) is 0 Å². The summed E-state index contributed by atoms with van der Waals surface area (Å²) >= 11 is 1.44. The molecule has 0 saturated carbocycles. The summed E-state index contributed by atoms with van der Waals surface area (Å²) in [4.78, 5) is 15.7. The first-order chi connectivity index (χ1) is 10.4. The molecule has 2 N–H and O–H groups in total. The van der Waals surface area contributed by atoms with Crippen molar-refractivity contribution in [1.82, 2.24) is 15.6 Å². The van der Waals surface area contributed by atoms with Crippen LogP contribution in [0.1, 0.15) is 12.1 Å². The molecule has 2 amide bonds. The van der Waals surface area contributed by atoms with E-state index in [4.69, 9.17) is 0 Å². The van der Waals surface area contributed by atoms with Crippen LogP contribution in [0.15, 0.2) is 35.7 Å². The molecule has 0 atom stereocenters. The molecular formula is C14H14F3N3OS. The number of amides is 2. The first kappa shape index (κ1) is 16.3. The maximum Gasteiger partial charge on any atom is 0.390 e. The van der Waals surface area contributed by atoms with Crippen LogP contribution in [-0.2, 0) is 6.54 Å². The molecular weight excluding hydrogens is 315 g/mol. The Morgan fingerprint density at radius 3 is 2.59 bits per heavy atom. The molecule has 0 unspecified atom stereocenters. The Balaban J connectivity index is 1.78. The summed E-state index contributed by atoms with van der Waals surface area (Å²) in [5.41, 5.74) is 1.64. The van der Waals surface area contributed by atoms with E-state index in [0.717, 1.165) is 10.6 Å². The van der Waals surface area contributed by atoms with Crippen molar-refractivity contribution in [3.63, 3.8) is 0 Å². The van der Waals surface area contributed by atoms with Gasteiger partial charge in [-0.25, -0.2) is 9.78 Å². The van der Waals surface area contributed by atoms with Crippen molar-refractivity contribution < 1.29 is 18.0 Å². The lowest BCUT2D eigenvalue weighted by Gasteiger charge is -2.08. The standard InChI is InChI=1S/C14H14F3N3OS/c15-14(16,17)6-7-18-13(21)19-8-11-9-22-12(20-11)10-4-2-1-3-5-10/h1-5,9H,6-8H2,(H2,18,19,21). The highest BCUT2D eigenvalue weighted by atomic mass is 32.1. The van der Waals surface area contributed by atoms with Crippen molar-refractivity contribution in [1.29, 1.82) is 0 Å². The molecule has 2 aromatic rings. The van der Waals surface area contributed by atoms with E-state index in [1.165, 1.54) is 11.3 Å². The van der Waals surface area contributed by atoms with Gasteiger partial charge in [0.05, 0.1) is 18.7 Å². The molecule has 4 nitrogen and oxygen atoms in total. The van der Waals surface area contributed by atoms with Crippen LogP contribution >= 0.6 is 11.3 Å². The van der Waals surface area contributed by atoms with Crippen LogP contribution in [0.2, 0.25) is 0 Å². The Labute approximate surface area is 129 Å². The Kier molecular flexibility index (Phi) is 5.37. The zero-order valence-electron chi connectivity index (χ0n) is 11.5. The van der Waals surface area contributed by atoms with Gasteiger partial charge in [0.2, 0.25) is 0 Å². The monoisotopic (exact) mass is 329 g/mol. The van der Waals surface area contributed by atoms with Crippen LogP contribution in [0.5, 0.6) is 0 Å². The minimum Gasteiger partial charge on any atom is -0.338 e. The molecule has 2 rings (SSSR count). The SMILES string of the molecule is O=C(NCCC(F)(F)F)NCc1csc(-c2ccccc2)n1. The lowest BCUT2D eigenvalue weighted by molar-refractivity contribution is -0.132. The number of aromatic nitrogens is 1. The Bertz CT molecular complexity index is 613. The summed E-state index contributed by atoms with van der Waals surface area (Å²) < 4.78 is 35.8. The van der Waals surface area contributed by atoms with E-state index in [1.54, 1.807) is 5.38 Å². The van der Waals surface area contributed by atoms with E-state index in [9.17, 15) is 18.0 Å². The molecule has 8 heteroatoms. The molecule has 0 radical (unpaired) electrons. The Morgan fingerprint density at radius 1 is 1.18 bits per heavy atom. The number of nitrogens with zero attached hydrogens (tertiary/aromatic N) is 1. The molecule has 1 heterocycles. The molecule has 0 fully saturated rings. The van der Waals surface area contributed by atoms with Gasteiger partial charge in [0, 0.05) is 17.5 Å². The molecule has 1 aromatic heterocycles. The fourth-order valence-electron chi connectivity index (χ4n) is 1.65. The second-order valence-electron chi connectivity index (χ2n) is 4.48. The van der Waals surface area contributed by atoms with E-state index in [2.05, 4.69) is 15.6 Å². The number of rotatable bonds is 5. The minimum atomic E-state index is -4.27. The number of urea groups is 1. The first-order valence-corrected chi connectivity index (χ1v) is 7.40. The maximum atomic E-state index is 11.9. The quantitative estimate of drug-likeness (QED) is 0.881. The van der Waals surface area contributed by atoms with Gasteiger partial charge in [-0.2, -0.15) is 13.2 Å². The number of carbonyl (C=O) groups excluding carboxylic acids is 1. The molecule has 0 aliphatic rings. The van der Waals surface area contributed by atoms with Gasteiger partial charge >= 0.3 is 12.2 Å². The summed E-state index contributed by atoms with van der Waals surface area (Å²) in [6, 6.07) is 8.94. The summed E-state index contributed by atoms with van der Waals surface area (Å²) in [6.07, 6.45) is -5.32. The number of hydrogen-bond donors (Lipinski definition) is 2. The van der Waals surface area contributed by atoms with E-state index >= 15 is 0 Å². The summed E-state index contributed by atoms with van der Waals surface area (Å²) in [5, 5.41) is 7.26. The van der Waals surface area contributed by atoms with Crippen molar-refractivity contribution in [3.05, 3.63) is 41.4 Å². The third kappa shape index (κ3) is 5.36. The second-order valence-corrected chi connectivity index (χ2v) is 5.34. The van der Waals surface area contributed by atoms with Gasteiger partial charge in [-0.1, -0.05) is 30.3 Å². The van der Waals surface area contributed by atoms with Crippen LogP contribution in [0.25, 0.3) is 10.6 Å². The maximum absolute atomic E-state index is 11.9. The van der Waals surface area contributed by atoms with Crippen molar-refractivity contribution >= 4 is 17.4 Å². The third-order valence-electron chi connectivity index (χ3n) is 2.70. The van der Waals surface area contributed by atoms with Gasteiger partial charge in [0.1, 0.15) is 5.01 Å². The van der Waals surface area contributed by atoms with Gasteiger partial charge in [-0.3, -0.25) is 0 Å². The Morgan fingerprint density at radius 2 is 1.91 bits per heavy atom. The van der Waals surface area contributed by atoms with Gasteiger partial charge in [0.25, 0.3) is 0 Å². The molecule has 0 spiro atoms. The smallest absolute Gasteiger partial charge is 0.338 e. The molecule has 0 saturated heterocycles. The zero-order valence-corrected chi connectivity index (χ0v) is 12.3. The van der Waals surface area contributed by atoms with Crippen molar-refractivity contribution in [3.8, 4) is 10.6 Å². The molecule has 22 heavy (non-hydrogen) atoms. The van der Waals surface area contributed by atoms with Gasteiger partial charge < -0.3 is 10.6 Å². The van der Waals surface area contributed by atoms with Crippen LogP contribution in [0, 0.1) is 0 Å². The highest BCUT2D eigenvalue weighted by Gasteiger charge is 2.26. The van der Waals surface area contributed by atoms with Crippen molar-refractivity contribution in [2.75, 3.05) is 6.54 Å². The Hall–Kier alpha value is -2.09. The molecule has 0 aliphatic carbocycles. The van der Waals surface area contributed by atoms with Crippen LogP contribution in [0.4, 0.5) is 18.0 Å². The molecule has 1 aromatic carbocycles. The minimum absolute atomic E-state index is 0.168. The third-order valence-corrected chi connectivity index (χ3v) is 3.64. The van der Waals surface area contributed by atoms with E-state index < -0.39 is 25.2 Å². The van der Waals surface area contributed by atoms with Gasteiger partial charge in [-0.05, 0) is 0 Å². The van der Waals surface area contributed by atoms with Crippen molar-refractivity contribution in [2.24, 2.45) is 0 Å². The van der Waals surface area contributed by atoms with Crippen LogP contribution in [-0.4, -0.2) is 23.7 Å². The summed E-state index contributed by atoms with van der Waals surface area (Å²) in [5.74, 6) is 0. The molecule has 118 valence electrons. The number of nitrogens with one attached hydrogen (secondary N) is 2. The number of benzene rings is 1. The van der Waals surface area contributed by atoms with Gasteiger partial charge in [0.15, 0.2) is 0 Å². The largest absolute Gasteiger partial charge is 0.390 e. The van der Waals surface area contributed by atoms with E-state index in [-0.39, 0.29) is 6.54 Å². The number of thiazole rings is 1. The van der Waals surface area contributed by atoms with Crippen molar-refractivity contribution in [2.45, 2.75) is 19.1 Å². The highest BCUT2D eigenvalue weighted by molar-refractivity contribution is 7.13. The number of carbonyl (C=O) groups is 1. The van der Waals surface area contributed by atoms with Gasteiger partial charge in [-0.15, -0.1) is 11.3 Å². The fourth-order valence-corrected chi connectivity index (χ4v) is 2.48.